The van der Waals surface area contributed by atoms with Gasteiger partial charge in [0.05, 0.1) is 16.6 Å². The number of aromatic nitrogens is 2. The summed E-state index contributed by atoms with van der Waals surface area (Å²) >= 11 is 17.5. The minimum absolute atomic E-state index is 0.00458. The third kappa shape index (κ3) is 3.40. The second-order valence-electron chi connectivity index (χ2n) is 3.56. The summed E-state index contributed by atoms with van der Waals surface area (Å²) in [5.41, 5.74) is 0. The predicted molar refractivity (Wildman–Crippen MR) is 74.1 cm³/mol. The fraction of sp³-hybridized carbons (Fsp3) is 0.100. The third-order valence-electron chi connectivity index (χ3n) is 2.22. The van der Waals surface area contributed by atoms with Crippen LogP contribution in [0.15, 0.2) is 29.4 Å². The van der Waals surface area contributed by atoms with Crippen LogP contribution in [-0.4, -0.2) is 18.4 Å². The van der Waals surface area contributed by atoms with E-state index in [-0.39, 0.29) is 26.5 Å². The average Bonchev–Trinajstić information content (AvgIpc) is 2.77. The van der Waals surface area contributed by atoms with Crippen molar-refractivity contribution in [1.29, 1.82) is 0 Å². The van der Waals surface area contributed by atoms with Gasteiger partial charge in [0, 0.05) is 17.4 Å². The molecule has 0 atom stereocenters. The number of imidazole rings is 1. The lowest BCUT2D eigenvalue weighted by Gasteiger charge is -2.09. The molecule has 0 unspecified atom stereocenters. The van der Waals surface area contributed by atoms with Crippen LogP contribution in [0.2, 0.25) is 15.1 Å². The van der Waals surface area contributed by atoms with Crippen LogP contribution in [0.4, 0.5) is 0 Å². The summed E-state index contributed by atoms with van der Waals surface area (Å²) in [6.45, 7) is 0.00458. The van der Waals surface area contributed by atoms with Crippen molar-refractivity contribution in [3.05, 3.63) is 45.4 Å². The molecule has 0 amide bonds. The molecule has 0 aliphatic rings. The molecule has 0 radical (unpaired) electrons. The Balaban J connectivity index is 2.29. The quantitative estimate of drug-likeness (QED) is 0.898. The Bertz CT molecular complexity index is 663. The van der Waals surface area contributed by atoms with Crippen molar-refractivity contribution in [3.63, 3.8) is 0 Å². The van der Waals surface area contributed by atoms with E-state index in [4.69, 9.17) is 34.8 Å². The summed E-state index contributed by atoms with van der Waals surface area (Å²) in [6, 6.07) is 2.63. The molecule has 102 valence electrons. The van der Waals surface area contributed by atoms with Gasteiger partial charge in [-0.3, -0.25) is 0 Å². The van der Waals surface area contributed by atoms with E-state index in [1.807, 2.05) is 0 Å². The van der Waals surface area contributed by atoms with Gasteiger partial charge >= 0.3 is 0 Å². The Kier molecular flexibility index (Phi) is 4.37. The second kappa shape index (κ2) is 5.68. The first-order valence-corrected chi connectivity index (χ1v) is 7.64. The zero-order valence-corrected chi connectivity index (χ0v) is 12.4. The summed E-state index contributed by atoms with van der Waals surface area (Å²) in [6.07, 6.45) is 3.11. The minimum atomic E-state index is -3.85. The van der Waals surface area contributed by atoms with Crippen LogP contribution in [0.1, 0.15) is 5.82 Å². The van der Waals surface area contributed by atoms with Crippen LogP contribution in [0.5, 0.6) is 0 Å². The van der Waals surface area contributed by atoms with Crippen LogP contribution in [0.3, 0.4) is 0 Å². The van der Waals surface area contributed by atoms with Crippen LogP contribution in [0, 0.1) is 0 Å². The standard InChI is InChI=1S/C10H8Cl3N3O2S/c11-6-3-7(12)10(8(13)4-6)19(17,18)16-5-9-14-1-2-15-9/h1-4,16H,5H2,(H,14,15). The molecule has 0 fully saturated rings. The summed E-state index contributed by atoms with van der Waals surface area (Å²) in [5, 5.41) is 0.189. The van der Waals surface area contributed by atoms with Crippen molar-refractivity contribution in [2.24, 2.45) is 0 Å². The molecule has 0 bridgehead atoms. The van der Waals surface area contributed by atoms with E-state index in [2.05, 4.69) is 14.7 Å². The van der Waals surface area contributed by atoms with Gasteiger partial charge in [-0.05, 0) is 12.1 Å². The largest absolute Gasteiger partial charge is 0.347 e. The lowest BCUT2D eigenvalue weighted by molar-refractivity contribution is 0.580. The SMILES string of the molecule is O=S(=O)(NCc1ncc[nH]1)c1c(Cl)cc(Cl)cc1Cl. The molecule has 9 heteroatoms. The Morgan fingerprint density at radius 2 is 1.84 bits per heavy atom. The van der Waals surface area contributed by atoms with Gasteiger partial charge in [0.25, 0.3) is 0 Å². The normalized spacial score (nSPS) is 11.7. The fourth-order valence-electron chi connectivity index (χ4n) is 1.42. The maximum Gasteiger partial charge on any atom is 0.243 e. The van der Waals surface area contributed by atoms with Crippen molar-refractivity contribution in [3.8, 4) is 0 Å². The van der Waals surface area contributed by atoms with Crippen LogP contribution >= 0.6 is 34.8 Å². The second-order valence-corrected chi connectivity index (χ2v) is 6.51. The number of hydrogen-bond donors (Lipinski definition) is 2. The van der Waals surface area contributed by atoms with E-state index in [1.165, 1.54) is 18.3 Å². The van der Waals surface area contributed by atoms with Crippen molar-refractivity contribution in [1.82, 2.24) is 14.7 Å². The Labute approximate surface area is 125 Å². The summed E-state index contributed by atoms with van der Waals surface area (Å²) < 4.78 is 26.6. The highest BCUT2D eigenvalue weighted by atomic mass is 35.5. The van der Waals surface area contributed by atoms with E-state index in [0.717, 1.165) is 0 Å². The Hall–Kier alpha value is -0.790. The van der Waals surface area contributed by atoms with Gasteiger partial charge in [0.2, 0.25) is 10.0 Å². The number of halogens is 3. The highest BCUT2D eigenvalue weighted by molar-refractivity contribution is 7.89. The number of aromatic amines is 1. The Morgan fingerprint density at radius 1 is 1.21 bits per heavy atom. The first-order valence-electron chi connectivity index (χ1n) is 5.02. The average molecular weight is 341 g/mol. The molecule has 0 aliphatic carbocycles. The number of sulfonamides is 1. The molecule has 0 spiro atoms. The highest BCUT2D eigenvalue weighted by Gasteiger charge is 2.22. The number of rotatable bonds is 4. The molecule has 0 aliphatic heterocycles. The summed E-state index contributed by atoms with van der Waals surface area (Å²) in [7, 11) is -3.85. The minimum Gasteiger partial charge on any atom is -0.347 e. The van der Waals surface area contributed by atoms with E-state index >= 15 is 0 Å². The number of H-pyrrole nitrogens is 1. The van der Waals surface area contributed by atoms with E-state index in [9.17, 15) is 8.42 Å². The van der Waals surface area contributed by atoms with Gasteiger partial charge in [-0.2, -0.15) is 0 Å². The molecule has 1 aromatic heterocycles. The molecule has 2 rings (SSSR count). The zero-order valence-electron chi connectivity index (χ0n) is 9.32. The van der Waals surface area contributed by atoms with Gasteiger partial charge in [-0.1, -0.05) is 34.8 Å². The molecule has 1 aromatic carbocycles. The lowest BCUT2D eigenvalue weighted by atomic mass is 10.4. The summed E-state index contributed by atoms with van der Waals surface area (Å²) in [4.78, 5) is 6.47. The first kappa shape index (κ1) is 14.6. The van der Waals surface area contributed by atoms with Crippen molar-refractivity contribution >= 4 is 44.8 Å². The van der Waals surface area contributed by atoms with Crippen LogP contribution < -0.4 is 4.72 Å². The van der Waals surface area contributed by atoms with Crippen molar-refractivity contribution in [2.45, 2.75) is 11.4 Å². The van der Waals surface area contributed by atoms with Gasteiger partial charge in [-0.25, -0.2) is 18.1 Å². The number of nitrogens with zero attached hydrogens (tertiary/aromatic N) is 1. The first-order chi connectivity index (χ1) is 8.90. The topological polar surface area (TPSA) is 74.8 Å². The van der Waals surface area contributed by atoms with Gasteiger partial charge in [-0.15, -0.1) is 0 Å². The molecule has 2 N–H and O–H groups in total. The smallest absolute Gasteiger partial charge is 0.243 e. The fourth-order valence-corrected chi connectivity index (χ4v) is 3.94. The van der Waals surface area contributed by atoms with Gasteiger partial charge < -0.3 is 4.98 Å². The van der Waals surface area contributed by atoms with E-state index in [0.29, 0.717) is 5.82 Å². The zero-order chi connectivity index (χ0) is 14.0. The van der Waals surface area contributed by atoms with E-state index < -0.39 is 10.0 Å². The molecular weight excluding hydrogens is 333 g/mol. The van der Waals surface area contributed by atoms with Crippen molar-refractivity contribution < 1.29 is 8.42 Å². The number of hydrogen-bond acceptors (Lipinski definition) is 3. The molecule has 0 saturated carbocycles. The number of benzene rings is 1. The third-order valence-corrected chi connectivity index (χ3v) is 4.76. The van der Waals surface area contributed by atoms with Crippen molar-refractivity contribution in [2.75, 3.05) is 0 Å². The monoisotopic (exact) mass is 339 g/mol. The number of nitrogens with one attached hydrogen (secondary N) is 2. The molecule has 0 saturated heterocycles. The molecule has 19 heavy (non-hydrogen) atoms. The van der Waals surface area contributed by atoms with Gasteiger partial charge in [0.15, 0.2) is 0 Å². The Morgan fingerprint density at radius 3 is 2.37 bits per heavy atom. The molecule has 2 aromatic rings. The van der Waals surface area contributed by atoms with Gasteiger partial charge in [0.1, 0.15) is 10.7 Å². The maximum atomic E-state index is 12.1. The molecule has 5 nitrogen and oxygen atoms in total. The highest BCUT2D eigenvalue weighted by Crippen LogP contribution is 2.32. The summed E-state index contributed by atoms with van der Waals surface area (Å²) in [5.74, 6) is 0.477. The van der Waals surface area contributed by atoms with E-state index in [1.54, 1.807) is 6.20 Å². The predicted octanol–water partition coefficient (Wildman–Crippen LogP) is 2.85. The lowest BCUT2D eigenvalue weighted by Crippen LogP contribution is -2.24. The molecule has 1 heterocycles. The van der Waals surface area contributed by atoms with Crippen LogP contribution in [0.25, 0.3) is 0 Å². The maximum absolute atomic E-state index is 12.1. The molecular formula is C10H8Cl3N3O2S. The van der Waals surface area contributed by atoms with Crippen LogP contribution in [-0.2, 0) is 16.6 Å².